The van der Waals surface area contributed by atoms with Gasteiger partial charge in [-0.25, -0.2) is 4.98 Å². The highest BCUT2D eigenvalue weighted by Crippen LogP contribution is 2.31. The number of rotatable bonds is 2. The van der Waals surface area contributed by atoms with Crippen molar-refractivity contribution in [2.75, 3.05) is 37.7 Å². The number of morpholine rings is 1. The maximum Gasteiger partial charge on any atom is 0.270 e. The highest BCUT2D eigenvalue weighted by Gasteiger charge is 2.42. The van der Waals surface area contributed by atoms with Crippen molar-refractivity contribution in [3.63, 3.8) is 0 Å². The van der Waals surface area contributed by atoms with Crippen molar-refractivity contribution in [3.05, 3.63) is 48.4 Å². The molecule has 24 heavy (non-hydrogen) atoms. The Kier molecular flexibility index (Phi) is 3.98. The molecule has 2 aromatic heterocycles. The summed E-state index contributed by atoms with van der Waals surface area (Å²) in [7, 11) is 0. The smallest absolute Gasteiger partial charge is 0.270 e. The fourth-order valence-electron chi connectivity index (χ4n) is 3.73. The van der Waals surface area contributed by atoms with Crippen LogP contribution in [0.15, 0.2) is 42.7 Å². The second kappa shape index (κ2) is 6.28. The van der Waals surface area contributed by atoms with Crippen LogP contribution in [0, 0.1) is 0 Å². The van der Waals surface area contributed by atoms with Crippen LogP contribution in [-0.4, -0.2) is 59.2 Å². The molecule has 2 aliphatic rings. The number of nitrogens with one attached hydrogen (secondary N) is 1. The second-order valence-electron chi connectivity index (χ2n) is 6.56. The lowest BCUT2D eigenvalue weighted by atomic mass is 9.90. The van der Waals surface area contributed by atoms with E-state index in [1.807, 2.05) is 41.4 Å². The maximum atomic E-state index is 12.7. The van der Waals surface area contributed by atoms with Gasteiger partial charge in [0.2, 0.25) is 0 Å². The molecule has 0 radical (unpaired) electrons. The van der Waals surface area contributed by atoms with Crippen molar-refractivity contribution in [1.29, 1.82) is 0 Å². The summed E-state index contributed by atoms with van der Waals surface area (Å²) in [5.74, 6) is 1.03. The van der Waals surface area contributed by atoms with Gasteiger partial charge in [-0.3, -0.25) is 4.79 Å². The Morgan fingerprint density at radius 3 is 2.96 bits per heavy atom. The molecule has 1 atom stereocenters. The summed E-state index contributed by atoms with van der Waals surface area (Å²) in [5, 5.41) is 0. The number of anilines is 1. The second-order valence-corrected chi connectivity index (χ2v) is 6.56. The van der Waals surface area contributed by atoms with Gasteiger partial charge in [0.1, 0.15) is 17.1 Å². The number of ether oxygens (including phenoxy) is 1. The van der Waals surface area contributed by atoms with E-state index in [2.05, 4.69) is 14.9 Å². The summed E-state index contributed by atoms with van der Waals surface area (Å²) in [6.07, 6.45) is 5.62. The molecular weight excluding hydrogens is 304 g/mol. The first-order valence-electron chi connectivity index (χ1n) is 8.48. The summed E-state index contributed by atoms with van der Waals surface area (Å²) in [6.45, 7) is 3.62. The third kappa shape index (κ3) is 2.89. The Morgan fingerprint density at radius 2 is 2.17 bits per heavy atom. The van der Waals surface area contributed by atoms with Crippen LogP contribution < -0.4 is 4.90 Å². The van der Waals surface area contributed by atoms with Gasteiger partial charge in [-0.15, -0.1) is 0 Å². The molecule has 4 heterocycles. The van der Waals surface area contributed by atoms with Gasteiger partial charge in [-0.05, 0) is 37.1 Å². The summed E-state index contributed by atoms with van der Waals surface area (Å²) in [6, 6.07) is 9.64. The number of carbonyl (C=O) groups is 1. The van der Waals surface area contributed by atoms with Gasteiger partial charge >= 0.3 is 0 Å². The lowest BCUT2D eigenvalue weighted by Crippen LogP contribution is -2.61. The number of amides is 1. The molecule has 0 aromatic carbocycles. The van der Waals surface area contributed by atoms with E-state index in [1.165, 1.54) is 0 Å². The molecule has 4 rings (SSSR count). The molecule has 1 unspecified atom stereocenters. The Hall–Kier alpha value is -2.34. The van der Waals surface area contributed by atoms with Gasteiger partial charge in [-0.2, -0.15) is 0 Å². The summed E-state index contributed by atoms with van der Waals surface area (Å²) in [4.78, 5) is 24.3. The van der Waals surface area contributed by atoms with Crippen molar-refractivity contribution in [1.82, 2.24) is 14.9 Å². The Balaban J connectivity index is 1.50. The van der Waals surface area contributed by atoms with E-state index in [4.69, 9.17) is 4.74 Å². The van der Waals surface area contributed by atoms with Crippen molar-refractivity contribution < 1.29 is 9.53 Å². The topological polar surface area (TPSA) is 61.5 Å². The average molecular weight is 326 g/mol. The van der Waals surface area contributed by atoms with Crippen LogP contribution in [0.3, 0.4) is 0 Å². The lowest BCUT2D eigenvalue weighted by molar-refractivity contribution is -0.105. The maximum absolute atomic E-state index is 12.7. The summed E-state index contributed by atoms with van der Waals surface area (Å²) >= 11 is 0. The first-order chi connectivity index (χ1) is 11.8. The first-order valence-corrected chi connectivity index (χ1v) is 8.48. The van der Waals surface area contributed by atoms with E-state index < -0.39 is 0 Å². The van der Waals surface area contributed by atoms with Crippen molar-refractivity contribution >= 4 is 11.7 Å². The molecule has 1 spiro atoms. The number of H-pyrrole nitrogens is 1. The molecule has 2 aliphatic heterocycles. The molecule has 0 bridgehead atoms. The van der Waals surface area contributed by atoms with Gasteiger partial charge in [0.25, 0.3) is 5.91 Å². The number of aromatic nitrogens is 2. The monoisotopic (exact) mass is 326 g/mol. The van der Waals surface area contributed by atoms with Crippen LogP contribution in [0.5, 0.6) is 0 Å². The molecule has 0 saturated carbocycles. The molecule has 1 amide bonds. The number of carbonyl (C=O) groups excluding carboxylic acids is 1. The molecule has 2 saturated heterocycles. The highest BCUT2D eigenvalue weighted by molar-refractivity contribution is 5.92. The number of pyridine rings is 1. The van der Waals surface area contributed by atoms with Crippen LogP contribution in [-0.2, 0) is 4.74 Å². The minimum Gasteiger partial charge on any atom is -0.369 e. The van der Waals surface area contributed by atoms with E-state index in [0.29, 0.717) is 25.4 Å². The Bertz CT molecular complexity index is 684. The Morgan fingerprint density at radius 1 is 1.21 bits per heavy atom. The first kappa shape index (κ1) is 15.2. The number of hydrogen-bond acceptors (Lipinski definition) is 4. The molecular formula is C18H22N4O2. The fraction of sp³-hybridized carbons (Fsp3) is 0.444. The van der Waals surface area contributed by atoms with E-state index in [1.54, 1.807) is 6.20 Å². The number of aromatic amines is 1. The standard InChI is InChI=1S/C18H22N4O2/c23-17(15-5-3-9-19-15)22-11-12-24-18(14-22)7-4-10-21(13-18)16-6-1-2-8-20-16/h1-3,5-6,8-9,19H,4,7,10-14H2. The zero-order chi connectivity index (χ0) is 16.4. The minimum atomic E-state index is -0.295. The van der Waals surface area contributed by atoms with Gasteiger partial charge in [0, 0.05) is 25.5 Å². The summed E-state index contributed by atoms with van der Waals surface area (Å²) < 4.78 is 6.18. The van der Waals surface area contributed by atoms with Gasteiger partial charge in [-0.1, -0.05) is 6.07 Å². The van der Waals surface area contributed by atoms with E-state index >= 15 is 0 Å². The third-order valence-corrected chi connectivity index (χ3v) is 4.88. The number of nitrogens with zero attached hydrogens (tertiary/aromatic N) is 3. The predicted octanol–water partition coefficient (Wildman–Crippen LogP) is 1.92. The van der Waals surface area contributed by atoms with Crippen molar-refractivity contribution in [3.8, 4) is 0 Å². The van der Waals surface area contributed by atoms with Crippen LogP contribution >= 0.6 is 0 Å². The van der Waals surface area contributed by atoms with E-state index in [9.17, 15) is 4.79 Å². The Labute approximate surface area is 141 Å². The predicted molar refractivity (Wildman–Crippen MR) is 91.1 cm³/mol. The molecule has 0 aliphatic carbocycles. The van der Waals surface area contributed by atoms with Crippen LogP contribution in [0.2, 0.25) is 0 Å². The molecule has 1 N–H and O–H groups in total. The van der Waals surface area contributed by atoms with Crippen LogP contribution in [0.4, 0.5) is 5.82 Å². The average Bonchev–Trinajstić information content (AvgIpc) is 3.17. The van der Waals surface area contributed by atoms with Gasteiger partial charge < -0.3 is 19.5 Å². The summed E-state index contributed by atoms with van der Waals surface area (Å²) in [5.41, 5.74) is 0.348. The molecule has 2 fully saturated rings. The van der Waals surface area contributed by atoms with Crippen LogP contribution in [0.25, 0.3) is 0 Å². The van der Waals surface area contributed by atoms with E-state index in [0.717, 1.165) is 31.7 Å². The quantitative estimate of drug-likeness (QED) is 0.916. The van der Waals surface area contributed by atoms with Crippen LogP contribution in [0.1, 0.15) is 23.3 Å². The lowest BCUT2D eigenvalue weighted by Gasteiger charge is -2.48. The highest BCUT2D eigenvalue weighted by atomic mass is 16.5. The van der Waals surface area contributed by atoms with Crippen molar-refractivity contribution in [2.24, 2.45) is 0 Å². The number of hydrogen-bond donors (Lipinski definition) is 1. The van der Waals surface area contributed by atoms with E-state index in [-0.39, 0.29) is 11.5 Å². The zero-order valence-corrected chi connectivity index (χ0v) is 13.6. The third-order valence-electron chi connectivity index (χ3n) is 4.88. The largest absolute Gasteiger partial charge is 0.369 e. The van der Waals surface area contributed by atoms with Gasteiger partial charge in [0.05, 0.1) is 19.7 Å². The molecule has 6 nitrogen and oxygen atoms in total. The zero-order valence-electron chi connectivity index (χ0n) is 13.6. The molecule has 126 valence electrons. The van der Waals surface area contributed by atoms with Crippen molar-refractivity contribution in [2.45, 2.75) is 18.4 Å². The van der Waals surface area contributed by atoms with Gasteiger partial charge in [0.15, 0.2) is 0 Å². The molecule has 2 aromatic rings. The minimum absolute atomic E-state index is 0.0534. The fourth-order valence-corrected chi connectivity index (χ4v) is 3.73. The number of piperidine rings is 1. The SMILES string of the molecule is O=C(c1ccc[nH]1)N1CCOC2(CCCN(c3ccccn3)C2)C1. The normalized spacial score (nSPS) is 24.3. The molecule has 6 heteroatoms.